The molecule has 8 heteroatoms. The Morgan fingerprint density at radius 3 is 2.45 bits per heavy atom. The van der Waals surface area contributed by atoms with E-state index in [0.717, 1.165) is 6.07 Å². The highest BCUT2D eigenvalue weighted by Crippen LogP contribution is 2.22. The molecular weight excluding hydrogens is 396 g/mol. The summed E-state index contributed by atoms with van der Waals surface area (Å²) in [5.41, 5.74) is 2.99. The van der Waals surface area contributed by atoms with Crippen molar-refractivity contribution in [3.05, 3.63) is 88.4 Å². The number of carbonyl (C=O) groups is 2. The number of phenols is 2. The van der Waals surface area contributed by atoms with E-state index in [2.05, 4.69) is 10.5 Å². The third-order valence-corrected chi connectivity index (χ3v) is 4.05. The van der Waals surface area contributed by atoms with Crippen LogP contribution in [0.2, 0.25) is 5.02 Å². The summed E-state index contributed by atoms with van der Waals surface area (Å²) in [7, 11) is 0. The fourth-order valence-electron chi connectivity index (χ4n) is 2.36. The Morgan fingerprint density at radius 1 is 1.00 bits per heavy atom. The van der Waals surface area contributed by atoms with Crippen LogP contribution in [0.4, 0.5) is 0 Å². The first kappa shape index (κ1) is 19.9. The highest BCUT2D eigenvalue weighted by molar-refractivity contribution is 6.30. The normalized spacial score (nSPS) is 10.7. The third kappa shape index (κ3) is 5.12. The van der Waals surface area contributed by atoms with Gasteiger partial charge in [-0.2, -0.15) is 5.10 Å². The highest BCUT2D eigenvalue weighted by atomic mass is 35.5. The molecule has 146 valence electrons. The summed E-state index contributed by atoms with van der Waals surface area (Å²) in [4.78, 5) is 24.4. The van der Waals surface area contributed by atoms with Gasteiger partial charge in [-0.05, 0) is 48.5 Å². The van der Waals surface area contributed by atoms with Crippen molar-refractivity contribution < 1.29 is 24.5 Å². The van der Waals surface area contributed by atoms with Gasteiger partial charge in [0, 0.05) is 16.7 Å². The zero-order valence-corrected chi connectivity index (χ0v) is 15.6. The van der Waals surface area contributed by atoms with Gasteiger partial charge in [-0.3, -0.25) is 4.79 Å². The Balaban J connectivity index is 1.70. The molecule has 0 radical (unpaired) electrons. The Hall–Kier alpha value is -3.84. The molecule has 1 amide bonds. The molecule has 0 aliphatic rings. The topological polar surface area (TPSA) is 108 Å². The van der Waals surface area contributed by atoms with Gasteiger partial charge in [-0.25, -0.2) is 10.2 Å². The number of amides is 1. The average molecular weight is 411 g/mol. The number of ether oxygens (including phenoxy) is 1. The number of aromatic hydroxyl groups is 2. The molecule has 3 aromatic carbocycles. The standard InChI is InChI=1S/C21H15ClN2O5/c22-15-7-5-13(6-8-15)21(28)29-19-4-2-1-3-14(19)12-23-24-20(27)17-10-9-16(25)11-18(17)26/h1-12,25-26H,(H,24,27). The van der Waals surface area contributed by atoms with Crippen molar-refractivity contribution in [3.63, 3.8) is 0 Å². The third-order valence-electron chi connectivity index (χ3n) is 3.80. The van der Waals surface area contributed by atoms with Gasteiger partial charge < -0.3 is 14.9 Å². The monoisotopic (exact) mass is 410 g/mol. The number of para-hydroxylation sites is 1. The molecule has 3 N–H and O–H groups in total. The molecule has 0 fully saturated rings. The molecule has 3 rings (SSSR count). The summed E-state index contributed by atoms with van der Waals surface area (Å²) in [6, 6.07) is 16.5. The summed E-state index contributed by atoms with van der Waals surface area (Å²) in [6.45, 7) is 0. The smallest absolute Gasteiger partial charge is 0.343 e. The van der Waals surface area contributed by atoms with Crippen LogP contribution >= 0.6 is 11.6 Å². The van der Waals surface area contributed by atoms with Crippen LogP contribution in [0.25, 0.3) is 0 Å². The van der Waals surface area contributed by atoms with Crippen LogP contribution in [-0.4, -0.2) is 28.3 Å². The van der Waals surface area contributed by atoms with E-state index in [1.54, 1.807) is 48.5 Å². The number of nitrogens with zero attached hydrogens (tertiary/aromatic N) is 1. The summed E-state index contributed by atoms with van der Waals surface area (Å²) in [5.74, 6) is -1.54. The van der Waals surface area contributed by atoms with Gasteiger partial charge in [0.15, 0.2) is 0 Å². The first-order valence-corrected chi connectivity index (χ1v) is 8.74. The predicted octanol–water partition coefficient (Wildman–Crippen LogP) is 3.73. The number of hydrazone groups is 1. The molecule has 0 aromatic heterocycles. The number of esters is 1. The fraction of sp³-hybridized carbons (Fsp3) is 0. The second-order valence-corrected chi connectivity index (χ2v) is 6.27. The average Bonchev–Trinajstić information content (AvgIpc) is 2.69. The number of carbonyl (C=O) groups excluding carboxylic acids is 2. The van der Waals surface area contributed by atoms with Crippen molar-refractivity contribution in [2.45, 2.75) is 0 Å². The lowest BCUT2D eigenvalue weighted by atomic mass is 10.2. The summed E-state index contributed by atoms with van der Waals surface area (Å²) in [5, 5.41) is 23.3. The van der Waals surface area contributed by atoms with Gasteiger partial charge in [-0.1, -0.05) is 23.7 Å². The van der Waals surface area contributed by atoms with Gasteiger partial charge in [0.1, 0.15) is 17.2 Å². The molecular formula is C21H15ClN2O5. The minimum atomic E-state index is -0.672. The fourth-order valence-corrected chi connectivity index (χ4v) is 2.48. The Morgan fingerprint density at radius 2 is 1.72 bits per heavy atom. The van der Waals surface area contributed by atoms with Gasteiger partial charge in [0.05, 0.1) is 17.3 Å². The van der Waals surface area contributed by atoms with Crippen LogP contribution < -0.4 is 10.2 Å². The van der Waals surface area contributed by atoms with Gasteiger partial charge in [0.2, 0.25) is 0 Å². The molecule has 0 bridgehead atoms. The maximum absolute atomic E-state index is 12.3. The van der Waals surface area contributed by atoms with Crippen molar-refractivity contribution in [3.8, 4) is 17.2 Å². The van der Waals surface area contributed by atoms with Crippen LogP contribution in [0.15, 0.2) is 71.8 Å². The number of rotatable bonds is 5. The molecule has 0 aliphatic heterocycles. The zero-order chi connectivity index (χ0) is 20.8. The Kier molecular flexibility index (Phi) is 6.11. The Bertz CT molecular complexity index is 1080. The van der Waals surface area contributed by atoms with E-state index in [-0.39, 0.29) is 22.8 Å². The molecule has 0 unspecified atom stereocenters. The summed E-state index contributed by atoms with van der Waals surface area (Å²) < 4.78 is 5.39. The van der Waals surface area contributed by atoms with Crippen LogP contribution in [0.5, 0.6) is 17.2 Å². The van der Waals surface area contributed by atoms with Gasteiger partial charge in [0.25, 0.3) is 5.91 Å². The minimum Gasteiger partial charge on any atom is -0.508 e. The van der Waals surface area contributed by atoms with E-state index in [0.29, 0.717) is 16.1 Å². The molecule has 0 saturated heterocycles. The lowest BCUT2D eigenvalue weighted by molar-refractivity contribution is 0.0734. The molecule has 0 atom stereocenters. The lowest BCUT2D eigenvalue weighted by Crippen LogP contribution is -2.17. The van der Waals surface area contributed by atoms with Crippen molar-refractivity contribution in [2.75, 3.05) is 0 Å². The number of hydrogen-bond donors (Lipinski definition) is 3. The van der Waals surface area contributed by atoms with Crippen LogP contribution in [0.3, 0.4) is 0 Å². The van der Waals surface area contributed by atoms with E-state index in [9.17, 15) is 19.8 Å². The second kappa shape index (κ2) is 8.90. The second-order valence-electron chi connectivity index (χ2n) is 5.83. The van der Waals surface area contributed by atoms with E-state index in [1.807, 2.05) is 0 Å². The van der Waals surface area contributed by atoms with E-state index in [1.165, 1.54) is 18.3 Å². The number of benzene rings is 3. The summed E-state index contributed by atoms with van der Waals surface area (Å²) in [6.07, 6.45) is 1.31. The Labute approximate surface area is 170 Å². The van der Waals surface area contributed by atoms with E-state index in [4.69, 9.17) is 16.3 Å². The predicted molar refractivity (Wildman–Crippen MR) is 108 cm³/mol. The highest BCUT2D eigenvalue weighted by Gasteiger charge is 2.12. The first-order chi connectivity index (χ1) is 13.9. The largest absolute Gasteiger partial charge is 0.508 e. The maximum Gasteiger partial charge on any atom is 0.343 e. The maximum atomic E-state index is 12.3. The van der Waals surface area contributed by atoms with Crippen molar-refractivity contribution in [2.24, 2.45) is 5.10 Å². The minimum absolute atomic E-state index is 0.0533. The lowest BCUT2D eigenvalue weighted by Gasteiger charge is -2.07. The number of hydrogen-bond acceptors (Lipinski definition) is 6. The van der Waals surface area contributed by atoms with E-state index >= 15 is 0 Å². The molecule has 0 heterocycles. The molecule has 29 heavy (non-hydrogen) atoms. The van der Waals surface area contributed by atoms with Crippen LogP contribution in [0, 0.1) is 0 Å². The van der Waals surface area contributed by atoms with Crippen LogP contribution in [-0.2, 0) is 0 Å². The zero-order valence-electron chi connectivity index (χ0n) is 14.9. The summed E-state index contributed by atoms with van der Waals surface area (Å²) >= 11 is 5.81. The van der Waals surface area contributed by atoms with Crippen molar-refractivity contribution in [1.82, 2.24) is 5.43 Å². The van der Waals surface area contributed by atoms with Gasteiger partial charge >= 0.3 is 5.97 Å². The number of halogens is 1. The van der Waals surface area contributed by atoms with Crippen molar-refractivity contribution in [1.29, 1.82) is 0 Å². The number of nitrogens with one attached hydrogen (secondary N) is 1. The SMILES string of the molecule is O=C(Oc1ccccc1C=NNC(=O)c1ccc(O)cc1O)c1ccc(Cl)cc1. The first-order valence-electron chi connectivity index (χ1n) is 8.36. The quantitative estimate of drug-likeness (QED) is 0.257. The molecule has 0 aliphatic carbocycles. The molecule has 0 spiro atoms. The van der Waals surface area contributed by atoms with Crippen molar-refractivity contribution >= 4 is 29.7 Å². The van der Waals surface area contributed by atoms with E-state index < -0.39 is 11.9 Å². The van der Waals surface area contributed by atoms with Crippen LogP contribution in [0.1, 0.15) is 26.3 Å². The molecule has 0 saturated carbocycles. The molecule has 3 aromatic rings. The number of phenolic OH excluding ortho intramolecular Hbond substituents is 2. The molecule has 7 nitrogen and oxygen atoms in total. The van der Waals surface area contributed by atoms with Gasteiger partial charge in [-0.15, -0.1) is 0 Å².